The molecule has 1 heterocycles. The molecule has 9 heteroatoms. The van der Waals surface area contributed by atoms with E-state index >= 15 is 0 Å². The van der Waals surface area contributed by atoms with Gasteiger partial charge < -0.3 is 14.8 Å². The molecule has 1 N–H and O–H groups in total. The van der Waals surface area contributed by atoms with Crippen molar-refractivity contribution in [2.75, 3.05) is 12.9 Å². The zero-order valence-corrected chi connectivity index (χ0v) is 20.3. The summed E-state index contributed by atoms with van der Waals surface area (Å²) in [5, 5.41) is 13.1. The first-order chi connectivity index (χ1) is 16.0. The highest BCUT2D eigenvalue weighted by Gasteiger charge is 2.20. The smallest absolute Gasteiger partial charge is 0.230 e. The molecule has 0 bridgehead atoms. The molecular formula is C24H27ClN4O3S. The highest BCUT2D eigenvalue weighted by atomic mass is 35.5. The van der Waals surface area contributed by atoms with Gasteiger partial charge in [0.15, 0.2) is 11.0 Å². The number of rotatable bonds is 9. The molecule has 0 atom stereocenters. The Morgan fingerprint density at radius 3 is 2.58 bits per heavy atom. The Morgan fingerprint density at radius 1 is 1.15 bits per heavy atom. The number of carbonyl (C=O) groups is 1. The third kappa shape index (κ3) is 6.00. The lowest BCUT2D eigenvalue weighted by atomic mass is 10.2. The van der Waals surface area contributed by atoms with Crippen molar-refractivity contribution < 1.29 is 14.3 Å². The Labute approximate surface area is 202 Å². The standard InChI is InChI=1S/C24H27ClN4O3S/c1-16-7-8-18(13-21(16)25)29-22(14-32-20-11-9-19(31-2)10-12-20)27-28-24(29)33-15-23(30)26-17-5-3-4-6-17/h7-13,17H,3-6,14-15H2,1-2H3,(H,26,30). The van der Waals surface area contributed by atoms with Crippen LogP contribution in [-0.2, 0) is 11.4 Å². The second-order valence-electron chi connectivity index (χ2n) is 7.97. The van der Waals surface area contributed by atoms with Crippen LogP contribution in [0.1, 0.15) is 37.1 Å². The van der Waals surface area contributed by atoms with E-state index in [2.05, 4.69) is 15.5 Å². The normalized spacial score (nSPS) is 13.8. The summed E-state index contributed by atoms with van der Waals surface area (Å²) < 4.78 is 13.0. The fraction of sp³-hybridized carbons (Fsp3) is 0.375. The zero-order chi connectivity index (χ0) is 23.2. The number of halogens is 1. The van der Waals surface area contributed by atoms with Crippen LogP contribution in [0.25, 0.3) is 5.69 Å². The Kier molecular flexibility index (Phi) is 7.77. The van der Waals surface area contributed by atoms with Crippen molar-refractivity contribution in [3.8, 4) is 17.2 Å². The molecule has 1 saturated carbocycles. The highest BCUT2D eigenvalue weighted by molar-refractivity contribution is 7.99. The van der Waals surface area contributed by atoms with Crippen molar-refractivity contribution in [1.29, 1.82) is 0 Å². The Hall–Kier alpha value is -2.71. The number of aryl methyl sites for hydroxylation is 1. The van der Waals surface area contributed by atoms with E-state index in [4.69, 9.17) is 21.1 Å². The maximum absolute atomic E-state index is 12.4. The average Bonchev–Trinajstić information content (AvgIpc) is 3.48. The molecule has 0 unspecified atom stereocenters. The van der Waals surface area contributed by atoms with Gasteiger partial charge in [-0.2, -0.15) is 0 Å². The van der Waals surface area contributed by atoms with Crippen LogP contribution in [0, 0.1) is 6.92 Å². The summed E-state index contributed by atoms with van der Waals surface area (Å²) in [6.07, 6.45) is 4.47. The minimum absolute atomic E-state index is 0.0134. The number of aromatic nitrogens is 3. The minimum Gasteiger partial charge on any atom is -0.497 e. The summed E-state index contributed by atoms with van der Waals surface area (Å²) >= 11 is 7.74. The SMILES string of the molecule is COc1ccc(OCc2nnc(SCC(=O)NC3CCCC3)n2-c2ccc(C)c(Cl)c2)cc1. The number of thioether (sulfide) groups is 1. The van der Waals surface area contributed by atoms with Crippen molar-refractivity contribution in [2.24, 2.45) is 0 Å². The fourth-order valence-corrected chi connectivity index (χ4v) is 4.71. The first-order valence-corrected chi connectivity index (χ1v) is 12.3. The average molecular weight is 487 g/mol. The van der Waals surface area contributed by atoms with Gasteiger partial charge in [-0.05, 0) is 61.7 Å². The van der Waals surface area contributed by atoms with Crippen LogP contribution in [0.2, 0.25) is 5.02 Å². The molecule has 7 nitrogen and oxygen atoms in total. The molecule has 0 saturated heterocycles. The van der Waals surface area contributed by atoms with Gasteiger partial charge in [-0.15, -0.1) is 10.2 Å². The van der Waals surface area contributed by atoms with E-state index in [0.29, 0.717) is 27.8 Å². The van der Waals surface area contributed by atoms with Crippen molar-refractivity contribution in [2.45, 2.75) is 50.4 Å². The maximum Gasteiger partial charge on any atom is 0.230 e. The topological polar surface area (TPSA) is 78.3 Å². The Morgan fingerprint density at radius 2 is 1.88 bits per heavy atom. The maximum atomic E-state index is 12.4. The largest absolute Gasteiger partial charge is 0.497 e. The summed E-state index contributed by atoms with van der Waals surface area (Å²) in [4.78, 5) is 12.4. The Balaban J connectivity index is 1.51. The monoisotopic (exact) mass is 486 g/mol. The molecule has 0 radical (unpaired) electrons. The van der Waals surface area contributed by atoms with Crippen molar-refractivity contribution in [3.63, 3.8) is 0 Å². The zero-order valence-electron chi connectivity index (χ0n) is 18.7. The van der Waals surface area contributed by atoms with Crippen LogP contribution in [0.15, 0.2) is 47.6 Å². The van der Waals surface area contributed by atoms with Crippen molar-refractivity contribution in [3.05, 3.63) is 58.9 Å². The molecule has 33 heavy (non-hydrogen) atoms. The number of ether oxygens (including phenoxy) is 2. The fourth-order valence-electron chi connectivity index (χ4n) is 3.76. The number of benzene rings is 2. The number of methoxy groups -OCH3 is 1. The molecule has 0 aliphatic heterocycles. The van der Waals surface area contributed by atoms with Crippen LogP contribution < -0.4 is 14.8 Å². The number of nitrogens with zero attached hydrogens (tertiary/aromatic N) is 3. The van der Waals surface area contributed by atoms with Gasteiger partial charge in [0.05, 0.1) is 18.6 Å². The van der Waals surface area contributed by atoms with E-state index in [1.54, 1.807) is 7.11 Å². The summed E-state index contributed by atoms with van der Waals surface area (Å²) in [5.41, 5.74) is 1.80. The van der Waals surface area contributed by atoms with E-state index < -0.39 is 0 Å². The third-order valence-electron chi connectivity index (χ3n) is 5.59. The summed E-state index contributed by atoms with van der Waals surface area (Å²) in [5.74, 6) is 2.35. The molecule has 1 aliphatic carbocycles. The van der Waals surface area contributed by atoms with Crippen molar-refractivity contribution >= 4 is 29.3 Å². The predicted molar refractivity (Wildman–Crippen MR) is 130 cm³/mol. The van der Waals surface area contributed by atoms with E-state index in [-0.39, 0.29) is 18.3 Å². The van der Waals surface area contributed by atoms with Gasteiger partial charge in [-0.3, -0.25) is 9.36 Å². The molecule has 1 aromatic heterocycles. The summed E-state index contributed by atoms with van der Waals surface area (Å²) in [7, 11) is 1.62. The van der Waals surface area contributed by atoms with Crippen LogP contribution in [0.4, 0.5) is 0 Å². The van der Waals surface area contributed by atoms with Gasteiger partial charge >= 0.3 is 0 Å². The molecule has 174 valence electrons. The van der Waals surface area contributed by atoms with Gasteiger partial charge in [0.25, 0.3) is 0 Å². The predicted octanol–water partition coefficient (Wildman–Crippen LogP) is 4.97. The first-order valence-electron chi connectivity index (χ1n) is 10.9. The first kappa shape index (κ1) is 23.4. The molecule has 1 aliphatic rings. The van der Waals surface area contributed by atoms with E-state index in [0.717, 1.165) is 29.8 Å². The van der Waals surface area contributed by atoms with E-state index in [1.807, 2.05) is 54.0 Å². The second-order valence-corrected chi connectivity index (χ2v) is 9.32. The third-order valence-corrected chi connectivity index (χ3v) is 6.93. The van der Waals surface area contributed by atoms with Crippen LogP contribution in [-0.4, -0.2) is 39.6 Å². The summed E-state index contributed by atoms with van der Waals surface area (Å²) in [6, 6.07) is 13.4. The number of carbonyl (C=O) groups excluding carboxylic acids is 1. The number of amides is 1. The number of hydrogen-bond acceptors (Lipinski definition) is 6. The van der Waals surface area contributed by atoms with Gasteiger partial charge in [0.2, 0.25) is 5.91 Å². The number of nitrogens with one attached hydrogen (secondary N) is 1. The quantitative estimate of drug-likeness (QED) is 0.430. The highest BCUT2D eigenvalue weighted by Crippen LogP contribution is 2.27. The lowest BCUT2D eigenvalue weighted by Crippen LogP contribution is -2.33. The van der Waals surface area contributed by atoms with Gasteiger partial charge in [-0.25, -0.2) is 0 Å². The lowest BCUT2D eigenvalue weighted by Gasteiger charge is -2.13. The molecule has 3 aromatic rings. The molecule has 1 fully saturated rings. The Bertz CT molecular complexity index is 1100. The summed E-state index contributed by atoms with van der Waals surface area (Å²) in [6.45, 7) is 2.16. The molecule has 4 rings (SSSR count). The molecule has 0 spiro atoms. The second kappa shape index (κ2) is 10.9. The van der Waals surface area contributed by atoms with Crippen molar-refractivity contribution in [1.82, 2.24) is 20.1 Å². The molecule has 1 amide bonds. The van der Waals surface area contributed by atoms with Crippen LogP contribution in [0.3, 0.4) is 0 Å². The van der Waals surface area contributed by atoms with E-state index in [1.165, 1.54) is 24.6 Å². The van der Waals surface area contributed by atoms with Crippen LogP contribution in [0.5, 0.6) is 11.5 Å². The van der Waals surface area contributed by atoms with Crippen LogP contribution >= 0.6 is 23.4 Å². The molecule has 2 aromatic carbocycles. The minimum atomic E-state index is 0.0134. The lowest BCUT2D eigenvalue weighted by molar-refractivity contribution is -0.119. The van der Waals surface area contributed by atoms with Gasteiger partial charge in [-0.1, -0.05) is 42.3 Å². The van der Waals surface area contributed by atoms with Gasteiger partial charge in [0.1, 0.15) is 18.1 Å². The van der Waals surface area contributed by atoms with Gasteiger partial charge in [0, 0.05) is 11.1 Å². The molecular weight excluding hydrogens is 460 g/mol. The number of hydrogen-bond donors (Lipinski definition) is 1. The van der Waals surface area contributed by atoms with E-state index in [9.17, 15) is 4.79 Å².